The van der Waals surface area contributed by atoms with Crippen LogP contribution in [0, 0.1) is 17.1 Å². The van der Waals surface area contributed by atoms with Gasteiger partial charge in [-0.25, -0.2) is 4.39 Å². The first-order chi connectivity index (χ1) is 13.7. The third kappa shape index (κ3) is 3.68. The van der Waals surface area contributed by atoms with Crippen molar-refractivity contribution in [3.05, 3.63) is 87.5 Å². The number of hydrogen-bond acceptors (Lipinski definition) is 4. The van der Waals surface area contributed by atoms with Gasteiger partial charge in [-0.1, -0.05) is 42.5 Å². The third-order valence-electron chi connectivity index (χ3n) is 4.84. The van der Waals surface area contributed by atoms with Crippen LogP contribution in [0.5, 0.6) is 0 Å². The van der Waals surface area contributed by atoms with Crippen molar-refractivity contribution in [1.29, 1.82) is 5.26 Å². The van der Waals surface area contributed by atoms with Crippen LogP contribution in [0.25, 0.3) is 0 Å². The number of rotatable bonds is 4. The largest absolute Gasteiger partial charge is 0.312 e. The highest BCUT2D eigenvalue weighted by atomic mass is 32.1. The second-order valence-electron chi connectivity index (χ2n) is 6.70. The van der Waals surface area contributed by atoms with Gasteiger partial charge in [0, 0.05) is 24.5 Å². The zero-order valence-corrected chi connectivity index (χ0v) is 15.9. The standard InChI is InChI=1S/C22H18FN3OS/c23-19-9-5-4-8-17(19)21(27)25-22-18(12-24)16-10-11-26(14-20(16)28-22)13-15-6-2-1-3-7-15/h1-9H,10-11,13-14H2,(H,25,27). The predicted molar refractivity (Wildman–Crippen MR) is 108 cm³/mol. The van der Waals surface area contributed by atoms with Crippen LogP contribution in [0.4, 0.5) is 9.39 Å². The van der Waals surface area contributed by atoms with Crippen LogP contribution >= 0.6 is 11.3 Å². The number of anilines is 1. The number of nitriles is 1. The van der Waals surface area contributed by atoms with E-state index in [0.29, 0.717) is 10.6 Å². The van der Waals surface area contributed by atoms with E-state index in [-0.39, 0.29) is 5.56 Å². The zero-order chi connectivity index (χ0) is 19.5. The number of fused-ring (bicyclic) bond motifs is 1. The second kappa shape index (κ2) is 7.93. The average molecular weight is 391 g/mol. The summed E-state index contributed by atoms with van der Waals surface area (Å²) < 4.78 is 13.9. The van der Waals surface area contributed by atoms with E-state index in [4.69, 9.17) is 0 Å². The molecule has 0 aliphatic carbocycles. The van der Waals surface area contributed by atoms with Gasteiger partial charge in [0.1, 0.15) is 16.9 Å². The number of nitrogens with zero attached hydrogens (tertiary/aromatic N) is 2. The van der Waals surface area contributed by atoms with Crippen molar-refractivity contribution in [3.63, 3.8) is 0 Å². The summed E-state index contributed by atoms with van der Waals surface area (Å²) in [4.78, 5) is 15.9. The van der Waals surface area contributed by atoms with Crippen molar-refractivity contribution in [3.8, 4) is 6.07 Å². The number of thiophene rings is 1. The first kappa shape index (κ1) is 18.4. The first-order valence-electron chi connectivity index (χ1n) is 9.02. The lowest BCUT2D eigenvalue weighted by atomic mass is 10.0. The summed E-state index contributed by atoms with van der Waals surface area (Å²) in [7, 11) is 0. The summed E-state index contributed by atoms with van der Waals surface area (Å²) >= 11 is 1.41. The number of amides is 1. The van der Waals surface area contributed by atoms with E-state index in [1.54, 1.807) is 6.07 Å². The molecule has 0 radical (unpaired) electrons. The van der Waals surface area contributed by atoms with Gasteiger partial charge in [-0.05, 0) is 29.7 Å². The van der Waals surface area contributed by atoms with E-state index in [1.165, 1.54) is 35.1 Å². The highest BCUT2D eigenvalue weighted by molar-refractivity contribution is 7.16. The van der Waals surface area contributed by atoms with Crippen LogP contribution in [0.2, 0.25) is 0 Å². The smallest absolute Gasteiger partial charge is 0.259 e. The van der Waals surface area contributed by atoms with Gasteiger partial charge >= 0.3 is 0 Å². The van der Waals surface area contributed by atoms with Gasteiger partial charge in [0.15, 0.2) is 0 Å². The molecule has 6 heteroatoms. The highest BCUT2D eigenvalue weighted by Gasteiger charge is 2.26. The van der Waals surface area contributed by atoms with Gasteiger partial charge in [-0.2, -0.15) is 5.26 Å². The van der Waals surface area contributed by atoms with Crippen LogP contribution in [0.1, 0.15) is 31.9 Å². The SMILES string of the molecule is N#Cc1c(NC(=O)c2ccccc2F)sc2c1CCN(Cc1ccccc1)C2. The number of benzene rings is 2. The van der Waals surface area contributed by atoms with Gasteiger partial charge in [-0.3, -0.25) is 9.69 Å². The summed E-state index contributed by atoms with van der Waals surface area (Å²) in [6, 6.07) is 18.3. The number of carbonyl (C=O) groups excluding carboxylic acids is 1. The Hall–Kier alpha value is -3.01. The van der Waals surface area contributed by atoms with E-state index in [2.05, 4.69) is 28.4 Å². The minimum Gasteiger partial charge on any atom is -0.312 e. The monoisotopic (exact) mass is 391 g/mol. The molecule has 140 valence electrons. The van der Waals surface area contributed by atoms with Crippen molar-refractivity contribution in [2.45, 2.75) is 19.5 Å². The maximum Gasteiger partial charge on any atom is 0.259 e. The van der Waals surface area contributed by atoms with Crippen LogP contribution in [0.15, 0.2) is 54.6 Å². The fraction of sp³-hybridized carbons (Fsp3) is 0.182. The second-order valence-corrected chi connectivity index (χ2v) is 7.81. The number of hydrogen-bond donors (Lipinski definition) is 1. The molecular formula is C22H18FN3OS. The Balaban J connectivity index is 1.54. The maximum absolute atomic E-state index is 13.9. The summed E-state index contributed by atoms with van der Waals surface area (Å²) in [6.07, 6.45) is 0.761. The molecule has 1 aliphatic rings. The van der Waals surface area contributed by atoms with Crippen molar-refractivity contribution in [2.24, 2.45) is 0 Å². The Morgan fingerprint density at radius 3 is 2.68 bits per heavy atom. The topological polar surface area (TPSA) is 56.1 Å². The number of carbonyl (C=O) groups is 1. The first-order valence-corrected chi connectivity index (χ1v) is 9.84. The molecule has 1 N–H and O–H groups in total. The van der Waals surface area contributed by atoms with Crippen LogP contribution in [-0.2, 0) is 19.5 Å². The molecule has 4 nitrogen and oxygen atoms in total. The molecule has 28 heavy (non-hydrogen) atoms. The molecule has 0 atom stereocenters. The molecule has 0 saturated carbocycles. The molecule has 0 spiro atoms. The van der Waals surface area contributed by atoms with E-state index in [0.717, 1.165) is 36.5 Å². The molecule has 2 aromatic carbocycles. The lowest BCUT2D eigenvalue weighted by molar-refractivity contribution is 0.102. The van der Waals surface area contributed by atoms with Crippen molar-refractivity contribution >= 4 is 22.2 Å². The zero-order valence-electron chi connectivity index (χ0n) is 15.1. The lowest BCUT2D eigenvalue weighted by Crippen LogP contribution is -2.29. The molecule has 1 amide bonds. The van der Waals surface area contributed by atoms with Crippen LogP contribution in [-0.4, -0.2) is 17.4 Å². The van der Waals surface area contributed by atoms with Gasteiger partial charge in [-0.15, -0.1) is 11.3 Å². The summed E-state index contributed by atoms with van der Waals surface area (Å²) in [6.45, 7) is 2.43. The maximum atomic E-state index is 13.9. The molecule has 0 saturated heterocycles. The summed E-state index contributed by atoms with van der Waals surface area (Å²) in [5.41, 5.74) is 2.73. The van der Waals surface area contributed by atoms with Crippen LogP contribution < -0.4 is 5.32 Å². The van der Waals surface area contributed by atoms with E-state index in [1.807, 2.05) is 18.2 Å². The quantitative estimate of drug-likeness (QED) is 0.709. The van der Waals surface area contributed by atoms with Gasteiger partial charge in [0.05, 0.1) is 11.1 Å². The molecule has 4 rings (SSSR count). The molecule has 1 aliphatic heterocycles. The van der Waals surface area contributed by atoms with Crippen molar-refractivity contribution < 1.29 is 9.18 Å². The Bertz CT molecular complexity index is 1060. The summed E-state index contributed by atoms with van der Waals surface area (Å²) in [5, 5.41) is 12.9. The van der Waals surface area contributed by atoms with E-state index < -0.39 is 11.7 Å². The van der Waals surface area contributed by atoms with Gasteiger partial charge < -0.3 is 5.32 Å². The Morgan fingerprint density at radius 1 is 1.18 bits per heavy atom. The Morgan fingerprint density at radius 2 is 1.93 bits per heavy atom. The fourth-order valence-electron chi connectivity index (χ4n) is 3.46. The van der Waals surface area contributed by atoms with Gasteiger partial charge in [0.2, 0.25) is 0 Å². The fourth-order valence-corrected chi connectivity index (χ4v) is 4.69. The molecule has 0 fully saturated rings. The van der Waals surface area contributed by atoms with E-state index >= 15 is 0 Å². The highest BCUT2D eigenvalue weighted by Crippen LogP contribution is 2.37. The molecule has 0 unspecified atom stereocenters. The normalized spacial score (nSPS) is 13.6. The Kier molecular flexibility index (Phi) is 5.20. The summed E-state index contributed by atoms with van der Waals surface area (Å²) in [5.74, 6) is -1.11. The molecule has 2 heterocycles. The molecule has 0 bridgehead atoms. The number of nitrogens with one attached hydrogen (secondary N) is 1. The van der Waals surface area contributed by atoms with E-state index in [9.17, 15) is 14.4 Å². The molecular weight excluding hydrogens is 373 g/mol. The average Bonchev–Trinajstić information content (AvgIpc) is 3.05. The van der Waals surface area contributed by atoms with Crippen molar-refractivity contribution in [2.75, 3.05) is 11.9 Å². The minimum atomic E-state index is -0.575. The predicted octanol–water partition coefficient (Wildman–Crippen LogP) is 4.57. The van der Waals surface area contributed by atoms with Crippen molar-refractivity contribution in [1.82, 2.24) is 4.90 Å². The molecule has 1 aromatic heterocycles. The van der Waals surface area contributed by atoms with Crippen LogP contribution in [0.3, 0.4) is 0 Å². The Labute approximate surface area is 166 Å². The van der Waals surface area contributed by atoms with Gasteiger partial charge in [0.25, 0.3) is 5.91 Å². The third-order valence-corrected chi connectivity index (χ3v) is 5.97. The number of halogens is 1. The molecule has 3 aromatic rings. The minimum absolute atomic E-state index is 0.0246. The lowest BCUT2D eigenvalue weighted by Gasteiger charge is -2.26.